The molecule has 0 aliphatic rings. The van der Waals surface area contributed by atoms with E-state index >= 15 is 0 Å². The molecule has 49 heavy (non-hydrogen) atoms. The van der Waals surface area contributed by atoms with Crippen LogP contribution in [-0.2, 0) is 18.0 Å². The van der Waals surface area contributed by atoms with Gasteiger partial charge in [-0.05, 0) is 80.4 Å². The van der Waals surface area contributed by atoms with E-state index in [0.29, 0.717) is 49.3 Å². The van der Waals surface area contributed by atoms with E-state index < -0.39 is 0 Å². The molecule has 0 radical (unpaired) electrons. The average Bonchev–Trinajstić information content (AvgIpc) is 3.14. The zero-order valence-electron chi connectivity index (χ0n) is 28.7. The maximum Gasteiger partial charge on any atom is 0.166 e. The molecule has 0 amide bonds. The fourth-order valence-electron chi connectivity index (χ4n) is 4.29. The van der Waals surface area contributed by atoms with E-state index in [1.54, 1.807) is 31.4 Å². The zero-order valence-corrected chi connectivity index (χ0v) is 28.7. The van der Waals surface area contributed by atoms with Gasteiger partial charge in [0.05, 0.1) is 36.3 Å². The number of aromatic nitrogens is 1. The Labute approximate surface area is 289 Å². The van der Waals surface area contributed by atoms with Crippen molar-refractivity contribution in [3.63, 3.8) is 0 Å². The van der Waals surface area contributed by atoms with Gasteiger partial charge >= 0.3 is 0 Å². The number of rotatable bonds is 15. The number of methoxy groups -OCH3 is 1. The average molecular weight is 663 g/mol. The molecule has 10 nitrogen and oxygen atoms in total. The molecule has 4 aromatic rings. The van der Waals surface area contributed by atoms with Gasteiger partial charge in [-0.15, -0.1) is 0 Å². The van der Waals surface area contributed by atoms with Crippen LogP contribution in [0, 0.1) is 0 Å². The quantitative estimate of drug-likeness (QED) is 0.0400. The number of pyridine rings is 1. The highest BCUT2D eigenvalue weighted by Crippen LogP contribution is 2.29. The highest BCUT2D eigenvalue weighted by atomic mass is 16.5. The summed E-state index contributed by atoms with van der Waals surface area (Å²) in [7, 11) is 1.57. The summed E-state index contributed by atoms with van der Waals surface area (Å²) in [4.78, 5) is 9.12. The van der Waals surface area contributed by atoms with Gasteiger partial charge in [-0.1, -0.05) is 67.8 Å². The van der Waals surface area contributed by atoms with Gasteiger partial charge in [-0.2, -0.15) is 5.10 Å². The van der Waals surface area contributed by atoms with Gasteiger partial charge in [0.15, 0.2) is 17.3 Å². The highest BCUT2D eigenvalue weighted by Gasteiger charge is 2.10. The molecule has 1 heterocycles. The number of hydrogen-bond acceptors (Lipinski definition) is 9. The van der Waals surface area contributed by atoms with Crippen LogP contribution in [0.2, 0.25) is 0 Å². The van der Waals surface area contributed by atoms with Gasteiger partial charge in [0, 0.05) is 17.6 Å². The molecule has 0 aliphatic carbocycles. The highest BCUT2D eigenvalue weighted by molar-refractivity contribution is 6.08. The monoisotopic (exact) mass is 662 g/mol. The van der Waals surface area contributed by atoms with Crippen LogP contribution in [0.25, 0.3) is 10.9 Å². The van der Waals surface area contributed by atoms with Crippen molar-refractivity contribution in [1.29, 1.82) is 0 Å². The number of hydrazone groups is 1. The van der Waals surface area contributed by atoms with Crippen LogP contribution in [-0.4, -0.2) is 36.9 Å². The molecule has 0 atom stereocenters. The zero-order chi connectivity index (χ0) is 35.4. The molecule has 256 valence electrons. The molecule has 0 saturated heterocycles. The fraction of sp³-hybridized carbons (Fsp3) is 0.205. The topological polar surface area (TPSA) is 139 Å². The van der Waals surface area contributed by atoms with Crippen LogP contribution in [0.5, 0.6) is 17.2 Å². The van der Waals surface area contributed by atoms with Gasteiger partial charge in [0.2, 0.25) is 0 Å². The summed E-state index contributed by atoms with van der Waals surface area (Å²) in [5.41, 5.74) is 8.65. The number of fused-ring (bicyclic) bond motifs is 1. The van der Waals surface area contributed by atoms with Gasteiger partial charge in [0.25, 0.3) is 0 Å². The molecule has 4 rings (SSSR count). The van der Waals surface area contributed by atoms with Crippen molar-refractivity contribution in [2.24, 2.45) is 21.8 Å². The lowest BCUT2D eigenvalue weighted by Crippen LogP contribution is -2.32. The van der Waals surface area contributed by atoms with Crippen molar-refractivity contribution in [2.45, 2.75) is 34.0 Å². The summed E-state index contributed by atoms with van der Waals surface area (Å²) in [6.07, 6.45) is 7.41. The summed E-state index contributed by atoms with van der Waals surface area (Å²) in [5.74, 6) is 13.0. The first-order valence-corrected chi connectivity index (χ1v) is 15.7. The molecule has 0 saturated carbocycles. The summed E-state index contributed by atoms with van der Waals surface area (Å²) < 4.78 is 22.6. The van der Waals surface area contributed by atoms with Crippen LogP contribution in [0.15, 0.2) is 138 Å². The van der Waals surface area contributed by atoms with E-state index in [1.807, 2.05) is 93.6 Å². The molecule has 5 N–H and O–H groups in total. The molecule has 10 heteroatoms. The van der Waals surface area contributed by atoms with Crippen molar-refractivity contribution >= 4 is 22.5 Å². The summed E-state index contributed by atoms with van der Waals surface area (Å²) in [6.45, 7) is 15.4. The Morgan fingerprint density at radius 1 is 0.980 bits per heavy atom. The molecule has 0 fully saturated rings. The molecule has 0 unspecified atom stereocenters. The fourth-order valence-corrected chi connectivity index (χ4v) is 4.29. The normalized spacial score (nSPS) is 11.9. The second kappa shape index (κ2) is 20.5. The number of hydrazine groups is 1. The lowest BCUT2D eigenvalue weighted by atomic mass is 10.2. The van der Waals surface area contributed by atoms with Crippen molar-refractivity contribution in [2.75, 3.05) is 20.3 Å². The van der Waals surface area contributed by atoms with E-state index in [2.05, 4.69) is 39.7 Å². The lowest BCUT2D eigenvalue weighted by Gasteiger charge is -2.13. The first kappa shape index (κ1) is 37.7. The molecule has 1 aromatic heterocycles. The van der Waals surface area contributed by atoms with E-state index in [0.717, 1.165) is 44.9 Å². The number of nitrogens with one attached hydrogen (secondary N) is 1. The number of para-hydroxylation sites is 1. The predicted octanol–water partition coefficient (Wildman–Crippen LogP) is 7.17. The Bertz CT molecular complexity index is 1800. The smallest absolute Gasteiger partial charge is 0.166 e. The second-order valence-corrected chi connectivity index (χ2v) is 10.5. The third kappa shape index (κ3) is 12.1. The van der Waals surface area contributed by atoms with Crippen LogP contribution in [0.4, 0.5) is 0 Å². The van der Waals surface area contributed by atoms with Gasteiger partial charge < -0.3 is 30.2 Å². The third-order valence-corrected chi connectivity index (χ3v) is 6.94. The van der Waals surface area contributed by atoms with Gasteiger partial charge in [-0.3, -0.25) is 4.99 Å². The maximum absolute atomic E-state index is 5.93. The second-order valence-electron chi connectivity index (χ2n) is 10.5. The summed E-state index contributed by atoms with van der Waals surface area (Å²) >= 11 is 0. The number of ether oxygens (including phenoxy) is 4. The van der Waals surface area contributed by atoms with E-state index in [9.17, 15) is 0 Å². The van der Waals surface area contributed by atoms with Crippen molar-refractivity contribution < 1.29 is 18.9 Å². The molecular weight excluding hydrogens is 616 g/mol. The minimum atomic E-state index is 0.342. The van der Waals surface area contributed by atoms with Gasteiger partial charge in [0.1, 0.15) is 19.0 Å². The summed E-state index contributed by atoms with van der Waals surface area (Å²) in [5, 5.41) is 4.71. The van der Waals surface area contributed by atoms with E-state index in [4.69, 9.17) is 30.6 Å². The number of nitrogens with zero attached hydrogens (tertiary/aromatic N) is 3. The minimum Gasteiger partial charge on any atom is -0.493 e. The standard InChI is InChI=1S/C25H25N5O3.C14H21NO/c1-31-24-14-19(25(29-26)30-27)9-13-23(24)33-15-17-6-11-21(12-7-17)32-16-20-10-8-18-4-2-3-5-22(18)28-20;1-6-9-10-14(12(4)5)15-13(7-2)11-16-8-3/h2-14H,15-16,26-27H2,1H3,(H,29,30);6-7,9-10H,1,4,8,11H2,2-3,5H3/b;10-9-,13-7-,15-14-. The Morgan fingerprint density at radius 2 is 1.76 bits per heavy atom. The first-order valence-electron chi connectivity index (χ1n) is 15.7. The van der Waals surface area contributed by atoms with Crippen LogP contribution in [0.3, 0.4) is 0 Å². The number of amidine groups is 1. The molecular formula is C39H46N6O4. The van der Waals surface area contributed by atoms with Gasteiger partial charge in [-0.25, -0.2) is 10.8 Å². The number of allylic oxidation sites excluding steroid dienone is 5. The summed E-state index contributed by atoms with van der Waals surface area (Å²) in [6, 6.07) is 25.1. The Hall–Kier alpha value is -5.71. The number of hydrogen-bond donors (Lipinski definition) is 3. The van der Waals surface area contributed by atoms with Crippen molar-refractivity contribution in [1.82, 2.24) is 10.4 Å². The minimum absolute atomic E-state index is 0.342. The number of aliphatic imine (C=N–C) groups is 1. The van der Waals surface area contributed by atoms with Crippen molar-refractivity contribution in [3.8, 4) is 17.2 Å². The molecule has 0 spiro atoms. The Balaban J connectivity index is 0.000000345. The molecule has 3 aromatic carbocycles. The largest absolute Gasteiger partial charge is 0.493 e. The molecule has 0 bridgehead atoms. The van der Waals surface area contributed by atoms with Crippen LogP contribution < -0.4 is 31.3 Å². The number of benzene rings is 3. The lowest BCUT2D eigenvalue weighted by molar-refractivity contribution is 0.170. The predicted molar refractivity (Wildman–Crippen MR) is 200 cm³/mol. The SMILES string of the molecule is C=C\C=C/C(=N/C(=C\C)COCC)C(=C)C.COc1cc(/C(=N/N)NN)ccc1OCc1ccc(OCc2ccc3ccccc3n2)cc1. The van der Waals surface area contributed by atoms with E-state index in [1.165, 1.54) is 0 Å². The van der Waals surface area contributed by atoms with E-state index in [-0.39, 0.29) is 0 Å². The van der Waals surface area contributed by atoms with Crippen LogP contribution >= 0.6 is 0 Å². The van der Waals surface area contributed by atoms with Crippen molar-refractivity contribution in [3.05, 3.63) is 144 Å². The first-order chi connectivity index (χ1) is 23.8. The maximum atomic E-state index is 5.93. The molecule has 0 aliphatic heterocycles. The third-order valence-electron chi connectivity index (χ3n) is 6.94. The Morgan fingerprint density at radius 3 is 2.41 bits per heavy atom. The number of nitrogens with two attached hydrogens (primary N) is 2. The Kier molecular flexibility index (Phi) is 15.8. The van der Waals surface area contributed by atoms with Crippen LogP contribution in [0.1, 0.15) is 37.6 Å².